The maximum Gasteiger partial charge on any atom is 0.0726 e. The molecular weight excluding hydrogens is 246 g/mol. The summed E-state index contributed by atoms with van der Waals surface area (Å²) in [5, 5.41) is 11.7. The lowest BCUT2D eigenvalue weighted by Crippen LogP contribution is -2.60. The first-order chi connectivity index (χ1) is 9.03. The number of rotatable bonds is 2. The van der Waals surface area contributed by atoms with E-state index in [2.05, 4.69) is 34.6 Å². The minimum Gasteiger partial charge on any atom is -0.389 e. The number of nitrogens with two attached hydrogens (primary N) is 1. The SMILES string of the molecule is CC1CCCC(CN)(C2(O)CC(C)(C)CC(C)(C)C2)C1. The molecule has 2 heteroatoms. The fourth-order valence-electron chi connectivity index (χ4n) is 5.90. The van der Waals surface area contributed by atoms with E-state index in [0.717, 1.165) is 25.7 Å². The summed E-state index contributed by atoms with van der Waals surface area (Å²) in [7, 11) is 0. The predicted molar refractivity (Wildman–Crippen MR) is 85.5 cm³/mol. The molecule has 2 unspecified atom stereocenters. The normalized spacial score (nSPS) is 39.5. The lowest BCUT2D eigenvalue weighted by Gasteiger charge is -2.59. The molecule has 0 aliphatic heterocycles. The van der Waals surface area contributed by atoms with Gasteiger partial charge in [0, 0.05) is 12.0 Å². The van der Waals surface area contributed by atoms with Crippen molar-refractivity contribution in [2.24, 2.45) is 27.9 Å². The van der Waals surface area contributed by atoms with E-state index < -0.39 is 5.60 Å². The summed E-state index contributed by atoms with van der Waals surface area (Å²) in [6.45, 7) is 12.2. The Labute approximate surface area is 125 Å². The van der Waals surface area contributed by atoms with Crippen molar-refractivity contribution in [2.45, 2.75) is 85.2 Å². The molecular formula is C18H35NO. The second kappa shape index (κ2) is 4.98. The maximum atomic E-state index is 11.7. The number of hydrogen-bond acceptors (Lipinski definition) is 2. The van der Waals surface area contributed by atoms with Gasteiger partial charge in [0.1, 0.15) is 0 Å². The van der Waals surface area contributed by atoms with Crippen LogP contribution in [0.2, 0.25) is 0 Å². The Hall–Kier alpha value is -0.0800. The van der Waals surface area contributed by atoms with Crippen LogP contribution < -0.4 is 5.73 Å². The summed E-state index contributed by atoms with van der Waals surface area (Å²) in [6.07, 6.45) is 7.74. The molecule has 0 bridgehead atoms. The maximum absolute atomic E-state index is 11.7. The van der Waals surface area contributed by atoms with E-state index in [1.807, 2.05) is 0 Å². The van der Waals surface area contributed by atoms with E-state index in [1.54, 1.807) is 0 Å². The smallest absolute Gasteiger partial charge is 0.0726 e. The van der Waals surface area contributed by atoms with Crippen LogP contribution in [0, 0.1) is 22.2 Å². The van der Waals surface area contributed by atoms with E-state index in [1.165, 1.54) is 19.3 Å². The van der Waals surface area contributed by atoms with E-state index in [-0.39, 0.29) is 16.2 Å². The van der Waals surface area contributed by atoms with Crippen LogP contribution in [0.4, 0.5) is 0 Å². The van der Waals surface area contributed by atoms with Gasteiger partial charge in [-0.25, -0.2) is 0 Å². The summed E-state index contributed by atoms with van der Waals surface area (Å²) in [4.78, 5) is 0. The molecule has 2 atom stereocenters. The first-order valence-electron chi connectivity index (χ1n) is 8.46. The van der Waals surface area contributed by atoms with Crippen molar-refractivity contribution in [1.82, 2.24) is 0 Å². The molecule has 3 N–H and O–H groups in total. The number of hydrogen-bond donors (Lipinski definition) is 2. The molecule has 2 saturated carbocycles. The first kappa shape index (κ1) is 16.3. The molecule has 2 fully saturated rings. The van der Waals surface area contributed by atoms with Gasteiger partial charge in [0.2, 0.25) is 0 Å². The van der Waals surface area contributed by atoms with Gasteiger partial charge in [-0.3, -0.25) is 0 Å². The molecule has 0 amide bonds. The van der Waals surface area contributed by atoms with Crippen LogP contribution in [0.25, 0.3) is 0 Å². The second-order valence-corrected chi connectivity index (χ2v) is 9.58. The van der Waals surface area contributed by atoms with Crippen LogP contribution in [0.1, 0.15) is 79.6 Å². The van der Waals surface area contributed by atoms with E-state index in [9.17, 15) is 5.11 Å². The van der Waals surface area contributed by atoms with Gasteiger partial charge in [-0.05, 0) is 48.9 Å². The fraction of sp³-hybridized carbons (Fsp3) is 1.00. The highest BCUT2D eigenvalue weighted by atomic mass is 16.3. The Morgan fingerprint density at radius 3 is 2.05 bits per heavy atom. The van der Waals surface area contributed by atoms with Gasteiger partial charge in [0.15, 0.2) is 0 Å². The van der Waals surface area contributed by atoms with Gasteiger partial charge in [-0.2, -0.15) is 0 Å². The Morgan fingerprint density at radius 2 is 1.60 bits per heavy atom. The molecule has 2 aliphatic carbocycles. The fourth-order valence-corrected chi connectivity index (χ4v) is 5.90. The molecule has 2 aliphatic rings. The van der Waals surface area contributed by atoms with Gasteiger partial charge in [-0.15, -0.1) is 0 Å². The highest BCUT2D eigenvalue weighted by Crippen LogP contribution is 2.59. The molecule has 20 heavy (non-hydrogen) atoms. The van der Waals surface area contributed by atoms with Crippen LogP contribution >= 0.6 is 0 Å². The summed E-state index contributed by atoms with van der Waals surface area (Å²) >= 11 is 0. The van der Waals surface area contributed by atoms with Crippen LogP contribution in [0.3, 0.4) is 0 Å². The monoisotopic (exact) mass is 281 g/mol. The van der Waals surface area contributed by atoms with Crippen molar-refractivity contribution in [3.05, 3.63) is 0 Å². The average molecular weight is 281 g/mol. The van der Waals surface area contributed by atoms with Crippen molar-refractivity contribution in [3.8, 4) is 0 Å². The Morgan fingerprint density at radius 1 is 1.05 bits per heavy atom. The average Bonchev–Trinajstić information content (AvgIpc) is 2.23. The molecule has 0 aromatic carbocycles. The molecule has 2 nitrogen and oxygen atoms in total. The summed E-state index contributed by atoms with van der Waals surface area (Å²) in [6, 6.07) is 0. The van der Waals surface area contributed by atoms with Crippen molar-refractivity contribution in [2.75, 3.05) is 6.54 Å². The largest absolute Gasteiger partial charge is 0.389 e. The van der Waals surface area contributed by atoms with E-state index in [4.69, 9.17) is 5.73 Å². The third-order valence-electron chi connectivity index (χ3n) is 5.97. The highest BCUT2D eigenvalue weighted by Gasteiger charge is 2.57. The van der Waals surface area contributed by atoms with Crippen molar-refractivity contribution in [3.63, 3.8) is 0 Å². The zero-order valence-electron chi connectivity index (χ0n) is 14.3. The van der Waals surface area contributed by atoms with Gasteiger partial charge >= 0.3 is 0 Å². The molecule has 118 valence electrons. The molecule has 0 heterocycles. The van der Waals surface area contributed by atoms with Crippen molar-refractivity contribution in [1.29, 1.82) is 0 Å². The first-order valence-corrected chi connectivity index (χ1v) is 8.46. The molecule has 2 rings (SSSR count). The van der Waals surface area contributed by atoms with Crippen LogP contribution in [0.5, 0.6) is 0 Å². The minimum atomic E-state index is -0.582. The highest BCUT2D eigenvalue weighted by molar-refractivity contribution is 5.09. The molecule has 0 aromatic heterocycles. The van der Waals surface area contributed by atoms with E-state index >= 15 is 0 Å². The quantitative estimate of drug-likeness (QED) is 0.800. The predicted octanol–water partition coefficient (Wildman–Crippen LogP) is 4.11. The lowest BCUT2D eigenvalue weighted by atomic mass is 9.49. The summed E-state index contributed by atoms with van der Waals surface area (Å²) in [5.74, 6) is 0.699. The molecule has 0 aromatic rings. The zero-order valence-corrected chi connectivity index (χ0v) is 14.3. The third-order valence-corrected chi connectivity index (χ3v) is 5.97. The summed E-state index contributed by atoms with van der Waals surface area (Å²) < 4.78 is 0. The molecule has 0 spiro atoms. The third kappa shape index (κ3) is 2.92. The molecule has 0 saturated heterocycles. The zero-order chi connectivity index (χ0) is 15.2. The second-order valence-electron chi connectivity index (χ2n) is 9.58. The Balaban J connectivity index is 2.35. The van der Waals surface area contributed by atoms with Crippen molar-refractivity contribution >= 4 is 0 Å². The topological polar surface area (TPSA) is 46.2 Å². The van der Waals surface area contributed by atoms with Gasteiger partial charge in [0.05, 0.1) is 5.60 Å². The Bertz CT molecular complexity index is 344. The van der Waals surface area contributed by atoms with Crippen molar-refractivity contribution < 1.29 is 5.11 Å². The lowest BCUT2D eigenvalue weighted by molar-refractivity contribution is -0.177. The van der Waals surface area contributed by atoms with Gasteiger partial charge in [-0.1, -0.05) is 47.5 Å². The standard InChI is InChI=1S/C18H35NO/c1-14-7-6-8-17(9-14,13-19)18(20)11-15(2,3)10-16(4,5)12-18/h14,20H,6-13,19H2,1-5H3. The van der Waals surface area contributed by atoms with Gasteiger partial charge in [0.25, 0.3) is 0 Å². The van der Waals surface area contributed by atoms with Crippen LogP contribution in [-0.4, -0.2) is 17.3 Å². The minimum absolute atomic E-state index is 0.0559. The van der Waals surface area contributed by atoms with Gasteiger partial charge < -0.3 is 10.8 Å². The van der Waals surface area contributed by atoms with Crippen LogP contribution in [0.15, 0.2) is 0 Å². The summed E-state index contributed by atoms with van der Waals surface area (Å²) in [5.41, 5.74) is 6.01. The van der Waals surface area contributed by atoms with Crippen LogP contribution in [-0.2, 0) is 0 Å². The molecule has 0 radical (unpaired) electrons. The number of aliphatic hydroxyl groups is 1. The Kier molecular flexibility index (Phi) is 4.06. The van der Waals surface area contributed by atoms with E-state index in [0.29, 0.717) is 12.5 Å².